The molecule has 8 atom stereocenters. The molecule has 2 saturated carbocycles. The molecule has 0 bridgehead atoms. The third-order valence-corrected chi connectivity index (χ3v) is 12.7. The fourth-order valence-electron chi connectivity index (χ4n) is 10.1. The molecule has 5 aliphatic rings. The summed E-state index contributed by atoms with van der Waals surface area (Å²) in [6.45, 7) is 19.9. The first-order chi connectivity index (χ1) is 14.8. The van der Waals surface area contributed by atoms with E-state index >= 15 is 0 Å². The summed E-state index contributed by atoms with van der Waals surface area (Å²) in [7, 11) is 0. The zero-order valence-electron chi connectivity index (χ0n) is 22.4. The predicted octanol–water partition coefficient (Wildman–Crippen LogP) is 7.26. The molecule has 182 valence electrons. The fourth-order valence-corrected chi connectivity index (χ4v) is 10.1. The lowest BCUT2D eigenvalue weighted by molar-refractivity contribution is -0.0962. The lowest BCUT2D eigenvalue weighted by Gasteiger charge is -2.62. The Hall–Kier alpha value is -0.340. The first-order valence-corrected chi connectivity index (χ1v) is 14.0. The van der Waals surface area contributed by atoms with Crippen molar-refractivity contribution in [2.24, 2.45) is 39.4 Å². The molecule has 0 aromatic carbocycles. The van der Waals surface area contributed by atoms with E-state index in [2.05, 4.69) is 60.7 Å². The van der Waals surface area contributed by atoms with E-state index in [0.717, 1.165) is 24.3 Å². The normalized spacial score (nSPS) is 49.8. The Kier molecular flexibility index (Phi) is 5.19. The van der Waals surface area contributed by atoms with Crippen LogP contribution < -0.4 is 5.32 Å². The molecule has 0 spiro atoms. The van der Waals surface area contributed by atoms with Gasteiger partial charge in [0.2, 0.25) is 0 Å². The summed E-state index contributed by atoms with van der Waals surface area (Å²) >= 11 is 0. The van der Waals surface area contributed by atoms with Crippen LogP contribution in [0, 0.1) is 39.4 Å². The summed E-state index contributed by atoms with van der Waals surface area (Å²) in [4.78, 5) is 0. The summed E-state index contributed by atoms with van der Waals surface area (Å²) < 4.78 is 0. The lowest BCUT2D eigenvalue weighted by Crippen LogP contribution is -2.55. The van der Waals surface area contributed by atoms with E-state index in [9.17, 15) is 5.11 Å². The molecule has 1 aliphatic heterocycles. The van der Waals surface area contributed by atoms with Gasteiger partial charge in [-0.2, -0.15) is 0 Å². The minimum atomic E-state index is -0.130. The maximum atomic E-state index is 10.8. The van der Waals surface area contributed by atoms with Crippen molar-refractivity contribution in [2.75, 3.05) is 0 Å². The molecular formula is C30H51NO. The van der Waals surface area contributed by atoms with Gasteiger partial charge in [0.15, 0.2) is 0 Å². The van der Waals surface area contributed by atoms with E-state index in [4.69, 9.17) is 0 Å². The van der Waals surface area contributed by atoms with Gasteiger partial charge in [-0.15, -0.1) is 0 Å². The third-order valence-electron chi connectivity index (χ3n) is 12.7. The summed E-state index contributed by atoms with van der Waals surface area (Å²) in [5.41, 5.74) is 5.34. The smallest absolute Gasteiger partial charge is 0.0594 e. The van der Waals surface area contributed by atoms with E-state index < -0.39 is 0 Å². The van der Waals surface area contributed by atoms with Crippen molar-refractivity contribution >= 4 is 0 Å². The molecule has 5 rings (SSSR count). The number of hydrogen-bond acceptors (Lipinski definition) is 2. The molecule has 1 heterocycles. The van der Waals surface area contributed by atoms with Gasteiger partial charge < -0.3 is 10.4 Å². The zero-order chi connectivity index (χ0) is 23.3. The van der Waals surface area contributed by atoms with Crippen LogP contribution in [0.3, 0.4) is 0 Å². The largest absolute Gasteiger partial charge is 0.393 e. The lowest BCUT2D eigenvalue weighted by atomic mass is 9.43. The molecule has 4 aliphatic carbocycles. The Morgan fingerprint density at radius 3 is 2.25 bits per heavy atom. The fraction of sp³-hybridized carbons (Fsp3) is 0.933. The highest BCUT2D eigenvalue weighted by Crippen LogP contribution is 2.72. The van der Waals surface area contributed by atoms with Crippen molar-refractivity contribution in [1.82, 2.24) is 5.32 Å². The maximum Gasteiger partial charge on any atom is 0.0594 e. The van der Waals surface area contributed by atoms with Gasteiger partial charge in [-0.25, -0.2) is 0 Å². The predicted molar refractivity (Wildman–Crippen MR) is 134 cm³/mol. The SMILES string of the molecule is CC(CCC1NC1(C)C)[C@H]1CC[C@@]2(C)C3=C(CC[C@]12C)[C@]1(C)CC[C@H](O)C(C)(C)[C@@H]1CC3. The van der Waals surface area contributed by atoms with Gasteiger partial charge in [0.25, 0.3) is 0 Å². The van der Waals surface area contributed by atoms with Gasteiger partial charge in [-0.1, -0.05) is 52.7 Å². The summed E-state index contributed by atoms with van der Waals surface area (Å²) in [6.07, 6.45) is 12.9. The maximum absolute atomic E-state index is 10.8. The molecule has 32 heavy (non-hydrogen) atoms. The van der Waals surface area contributed by atoms with Crippen LogP contribution in [0.1, 0.15) is 120 Å². The highest BCUT2D eigenvalue weighted by Gasteiger charge is 2.63. The summed E-state index contributed by atoms with van der Waals surface area (Å²) in [6, 6.07) is 0.742. The van der Waals surface area contributed by atoms with Crippen molar-refractivity contribution in [3.05, 3.63) is 11.1 Å². The second kappa shape index (κ2) is 7.09. The van der Waals surface area contributed by atoms with E-state index in [1.165, 1.54) is 57.8 Å². The average molecular weight is 442 g/mol. The van der Waals surface area contributed by atoms with Crippen LogP contribution in [0.15, 0.2) is 11.1 Å². The number of aliphatic hydroxyl groups excluding tert-OH is 1. The van der Waals surface area contributed by atoms with Crippen molar-refractivity contribution in [2.45, 2.75) is 137 Å². The van der Waals surface area contributed by atoms with Crippen LogP contribution in [0.2, 0.25) is 0 Å². The molecule has 2 unspecified atom stereocenters. The molecule has 3 fully saturated rings. The Bertz CT molecular complexity index is 810. The quantitative estimate of drug-likeness (QED) is 0.356. The van der Waals surface area contributed by atoms with Crippen LogP contribution >= 0.6 is 0 Å². The van der Waals surface area contributed by atoms with Gasteiger partial charge in [0, 0.05) is 11.6 Å². The molecular weight excluding hydrogens is 390 g/mol. The molecule has 2 heteroatoms. The van der Waals surface area contributed by atoms with Gasteiger partial charge in [-0.05, 0) is 117 Å². The van der Waals surface area contributed by atoms with Gasteiger partial charge in [-0.3, -0.25) is 0 Å². The number of rotatable bonds is 4. The van der Waals surface area contributed by atoms with E-state index in [1.54, 1.807) is 0 Å². The van der Waals surface area contributed by atoms with Crippen molar-refractivity contribution in [3.8, 4) is 0 Å². The second-order valence-corrected chi connectivity index (χ2v) is 14.7. The van der Waals surface area contributed by atoms with Crippen LogP contribution in [-0.4, -0.2) is 22.8 Å². The molecule has 0 aromatic rings. The molecule has 0 radical (unpaired) electrons. The number of fused-ring (bicyclic) bond motifs is 4. The third kappa shape index (κ3) is 3.03. The monoisotopic (exact) mass is 441 g/mol. The first-order valence-electron chi connectivity index (χ1n) is 14.0. The van der Waals surface area contributed by atoms with E-state index in [0.29, 0.717) is 27.7 Å². The Morgan fingerprint density at radius 2 is 1.59 bits per heavy atom. The van der Waals surface area contributed by atoms with Gasteiger partial charge in [0.05, 0.1) is 6.10 Å². The van der Waals surface area contributed by atoms with Crippen LogP contribution in [0.4, 0.5) is 0 Å². The molecule has 2 N–H and O–H groups in total. The standard InChI is InChI=1S/C30H51NO/c1-19(9-12-24-27(4,5)31-24)20-13-17-30(8)22-10-11-23-26(2,3)25(32)15-16-28(23,6)21(22)14-18-29(20,30)7/h19-20,23-25,31-32H,9-18H2,1-8H3/t19?,20-,23+,24?,25+,28+,29-,30+/m1/s1. The minimum Gasteiger partial charge on any atom is -0.393 e. The van der Waals surface area contributed by atoms with Gasteiger partial charge in [0.1, 0.15) is 0 Å². The van der Waals surface area contributed by atoms with Crippen LogP contribution in [-0.2, 0) is 0 Å². The Morgan fingerprint density at radius 1 is 0.906 bits per heavy atom. The number of hydrogen-bond donors (Lipinski definition) is 2. The Labute approximate surface area is 198 Å². The molecule has 0 amide bonds. The number of allylic oxidation sites excluding steroid dienone is 2. The van der Waals surface area contributed by atoms with Crippen molar-refractivity contribution < 1.29 is 5.11 Å². The minimum absolute atomic E-state index is 0.0462. The van der Waals surface area contributed by atoms with Crippen LogP contribution in [0.25, 0.3) is 0 Å². The zero-order valence-corrected chi connectivity index (χ0v) is 22.4. The molecule has 0 aromatic heterocycles. The summed E-state index contributed by atoms with van der Waals surface area (Å²) in [5.74, 6) is 2.34. The highest BCUT2D eigenvalue weighted by molar-refractivity contribution is 5.38. The average Bonchev–Trinajstić information content (AvgIpc) is 3.22. The Balaban J connectivity index is 1.41. The first kappa shape index (κ1) is 23.4. The summed E-state index contributed by atoms with van der Waals surface area (Å²) in [5, 5.41) is 14.5. The van der Waals surface area contributed by atoms with Gasteiger partial charge >= 0.3 is 0 Å². The second-order valence-electron chi connectivity index (χ2n) is 14.7. The topological polar surface area (TPSA) is 42.2 Å². The van der Waals surface area contributed by atoms with Crippen molar-refractivity contribution in [1.29, 1.82) is 0 Å². The van der Waals surface area contributed by atoms with Crippen LogP contribution in [0.5, 0.6) is 0 Å². The van der Waals surface area contributed by atoms with E-state index in [1.807, 2.05) is 11.1 Å². The number of aliphatic hydroxyl groups is 1. The van der Waals surface area contributed by atoms with Crippen molar-refractivity contribution in [3.63, 3.8) is 0 Å². The number of nitrogens with one attached hydrogen (secondary N) is 1. The van der Waals surface area contributed by atoms with E-state index in [-0.39, 0.29) is 11.5 Å². The molecule has 2 nitrogen and oxygen atoms in total. The highest BCUT2D eigenvalue weighted by atomic mass is 16.3. The molecule has 1 saturated heterocycles.